The van der Waals surface area contributed by atoms with Crippen LogP contribution in [0, 0.1) is 0 Å². The molecule has 3 heterocycles. The molecule has 0 amide bonds. The van der Waals surface area contributed by atoms with Gasteiger partial charge in [-0.2, -0.15) is 13.6 Å². The van der Waals surface area contributed by atoms with Crippen LogP contribution in [-0.2, 0) is 31.6 Å². The first kappa shape index (κ1) is 24.2. The number of nitrogens with zero attached hydrogens (tertiary/aromatic N) is 2. The van der Waals surface area contributed by atoms with Gasteiger partial charge in [0.15, 0.2) is 11.9 Å². The van der Waals surface area contributed by atoms with Crippen molar-refractivity contribution < 1.29 is 55.5 Å². The van der Waals surface area contributed by atoms with Crippen LogP contribution in [-0.4, -0.2) is 53.0 Å². The molecule has 5 atom stereocenters. The second-order valence-electron chi connectivity index (χ2n) is 6.20. The van der Waals surface area contributed by atoms with Gasteiger partial charge in [0.05, 0.1) is 18.1 Å². The van der Waals surface area contributed by atoms with Gasteiger partial charge in [0.1, 0.15) is 6.17 Å². The van der Waals surface area contributed by atoms with Crippen LogP contribution < -0.4 is 11.3 Å². The number of aromatic amines is 1. The maximum Gasteiger partial charge on any atom is 0.490 e. The molecule has 20 heteroatoms. The average molecular weight is 508 g/mol. The van der Waals surface area contributed by atoms with Gasteiger partial charge in [-0.05, 0) is 6.07 Å². The molecule has 0 radical (unpaired) electrons. The standard InChI is InChI=1S/C11H16FN4O12P3/c12-7-3-5(4-25-30(21,22)28-31(23,24)27-29(18,19)20)26-10(7)16-2-1-6-8(16)14-11(13)15-9(6)17/h1-2,5,7,10H,3-4H2,(H,21,22)(H,23,24)(H2,18,19,20)(H3,13,14,15,17). The number of phosphoric acid groups is 3. The first-order valence-electron chi connectivity index (χ1n) is 8.10. The molecule has 1 aliphatic heterocycles. The number of ether oxygens (including phenoxy) is 1. The maximum absolute atomic E-state index is 14.5. The fourth-order valence-electron chi connectivity index (χ4n) is 2.80. The summed E-state index contributed by atoms with van der Waals surface area (Å²) >= 11 is 0. The lowest BCUT2D eigenvalue weighted by atomic mass is 10.2. The zero-order valence-electron chi connectivity index (χ0n) is 15.0. The van der Waals surface area contributed by atoms with E-state index < -0.39 is 54.1 Å². The molecular formula is C11H16FN4O12P3. The van der Waals surface area contributed by atoms with Crippen molar-refractivity contribution in [2.45, 2.75) is 24.9 Å². The van der Waals surface area contributed by atoms with Gasteiger partial charge in [0, 0.05) is 12.6 Å². The summed E-state index contributed by atoms with van der Waals surface area (Å²) in [5, 5.41) is 0.113. The van der Waals surface area contributed by atoms with Gasteiger partial charge in [-0.25, -0.2) is 18.1 Å². The molecule has 0 aromatic carbocycles. The summed E-state index contributed by atoms with van der Waals surface area (Å²) in [7, 11) is -16.6. The highest BCUT2D eigenvalue weighted by molar-refractivity contribution is 7.66. The number of rotatable bonds is 8. The van der Waals surface area contributed by atoms with Crippen molar-refractivity contribution in [3.05, 3.63) is 22.6 Å². The summed E-state index contributed by atoms with van der Waals surface area (Å²) in [4.78, 5) is 53.6. The van der Waals surface area contributed by atoms with Gasteiger partial charge < -0.3 is 34.6 Å². The van der Waals surface area contributed by atoms with E-state index in [4.69, 9.17) is 25.2 Å². The summed E-state index contributed by atoms with van der Waals surface area (Å²) in [6, 6.07) is 1.36. The number of nitrogens with one attached hydrogen (secondary N) is 1. The van der Waals surface area contributed by atoms with E-state index in [1.807, 2.05) is 0 Å². The third-order valence-corrected chi connectivity index (χ3v) is 7.65. The highest BCUT2D eigenvalue weighted by atomic mass is 31.3. The molecule has 0 bridgehead atoms. The minimum Gasteiger partial charge on any atom is -0.369 e. The van der Waals surface area contributed by atoms with Gasteiger partial charge in [0.2, 0.25) is 5.95 Å². The van der Waals surface area contributed by atoms with Crippen LogP contribution in [0.5, 0.6) is 0 Å². The number of fused-ring (bicyclic) bond motifs is 1. The summed E-state index contributed by atoms with van der Waals surface area (Å²) in [6.45, 7) is -0.810. The van der Waals surface area contributed by atoms with Crippen molar-refractivity contribution >= 4 is 40.4 Å². The molecule has 5 unspecified atom stereocenters. The molecule has 2 aromatic rings. The van der Waals surface area contributed by atoms with E-state index in [0.29, 0.717) is 0 Å². The number of hydrogen-bond acceptors (Lipinski definition) is 10. The number of aromatic nitrogens is 3. The van der Waals surface area contributed by atoms with Crippen LogP contribution in [0.25, 0.3) is 11.0 Å². The molecule has 1 saturated heterocycles. The zero-order valence-corrected chi connectivity index (χ0v) is 17.7. The van der Waals surface area contributed by atoms with Crippen molar-refractivity contribution in [3.63, 3.8) is 0 Å². The molecule has 0 spiro atoms. The van der Waals surface area contributed by atoms with Crippen molar-refractivity contribution in [1.82, 2.24) is 14.5 Å². The summed E-state index contributed by atoms with van der Waals surface area (Å²) in [6.07, 6.45) is -3.15. The lowest BCUT2D eigenvalue weighted by Gasteiger charge is -2.19. The number of phosphoric ester groups is 1. The Hall–Kier alpha value is -1.48. The molecule has 174 valence electrons. The van der Waals surface area contributed by atoms with Gasteiger partial charge in [-0.15, -0.1) is 0 Å². The quantitative estimate of drug-likeness (QED) is 0.262. The van der Waals surface area contributed by atoms with Crippen LogP contribution >= 0.6 is 23.5 Å². The number of nitrogens with two attached hydrogens (primary N) is 1. The second kappa shape index (κ2) is 8.46. The van der Waals surface area contributed by atoms with Gasteiger partial charge in [0.25, 0.3) is 5.56 Å². The van der Waals surface area contributed by atoms with Crippen molar-refractivity contribution in [2.24, 2.45) is 0 Å². The molecule has 3 rings (SSSR count). The third-order valence-electron chi connectivity index (χ3n) is 3.84. The monoisotopic (exact) mass is 508 g/mol. The van der Waals surface area contributed by atoms with Gasteiger partial charge in [-0.3, -0.25) is 14.3 Å². The Balaban J connectivity index is 1.67. The number of H-pyrrole nitrogens is 1. The second-order valence-corrected chi connectivity index (χ2v) is 10.6. The smallest absolute Gasteiger partial charge is 0.369 e. The van der Waals surface area contributed by atoms with Crippen LogP contribution in [0.3, 0.4) is 0 Å². The number of alkyl halides is 1. The van der Waals surface area contributed by atoms with E-state index in [-0.39, 0.29) is 23.4 Å². The van der Waals surface area contributed by atoms with Crippen LogP contribution in [0.2, 0.25) is 0 Å². The number of hydrogen-bond donors (Lipinski definition) is 6. The highest BCUT2D eigenvalue weighted by Gasteiger charge is 2.43. The van der Waals surface area contributed by atoms with E-state index >= 15 is 0 Å². The Bertz CT molecular complexity index is 1180. The topological polar surface area (TPSA) is 246 Å². The van der Waals surface area contributed by atoms with Gasteiger partial charge in [-0.1, -0.05) is 0 Å². The minimum atomic E-state index is -5.67. The molecule has 16 nitrogen and oxygen atoms in total. The Morgan fingerprint density at radius 3 is 2.58 bits per heavy atom. The molecule has 0 aliphatic carbocycles. The van der Waals surface area contributed by atoms with E-state index in [2.05, 4.69) is 23.1 Å². The Kier molecular flexibility index (Phi) is 6.60. The third kappa shape index (κ3) is 6.06. The normalized spacial score (nSPS) is 26.0. The zero-order chi connectivity index (χ0) is 23.2. The fourth-order valence-corrected chi connectivity index (χ4v) is 5.85. The van der Waals surface area contributed by atoms with Crippen LogP contribution in [0.4, 0.5) is 10.3 Å². The molecule has 2 aromatic heterocycles. The first-order valence-corrected chi connectivity index (χ1v) is 12.6. The van der Waals surface area contributed by atoms with Crippen LogP contribution in [0.1, 0.15) is 12.6 Å². The minimum absolute atomic E-state index is 0.0300. The highest BCUT2D eigenvalue weighted by Crippen LogP contribution is 2.66. The SMILES string of the molecule is Nc1nc2c(ccn2C2OC(COP(=O)(O)OP(=O)(O)OP(=O)(O)O)CC2F)c(=O)[nH]1. The van der Waals surface area contributed by atoms with Crippen molar-refractivity contribution in [1.29, 1.82) is 0 Å². The largest absolute Gasteiger partial charge is 0.490 e. The number of halogens is 1. The molecule has 7 N–H and O–H groups in total. The number of nitrogen functional groups attached to an aromatic ring is 1. The molecular weight excluding hydrogens is 492 g/mol. The predicted octanol–water partition coefficient (Wildman–Crippen LogP) is 0.276. The Labute approximate surface area is 171 Å². The maximum atomic E-state index is 14.5. The average Bonchev–Trinajstić information content (AvgIpc) is 3.12. The fraction of sp³-hybridized carbons (Fsp3) is 0.455. The number of anilines is 1. The van der Waals surface area contributed by atoms with E-state index in [9.17, 15) is 27.8 Å². The van der Waals surface area contributed by atoms with E-state index in [1.165, 1.54) is 16.8 Å². The molecule has 1 aliphatic rings. The van der Waals surface area contributed by atoms with Crippen molar-refractivity contribution in [3.8, 4) is 0 Å². The molecule has 1 fully saturated rings. The lowest BCUT2D eigenvalue weighted by molar-refractivity contribution is -0.0343. The van der Waals surface area contributed by atoms with E-state index in [1.54, 1.807) is 0 Å². The predicted molar refractivity (Wildman–Crippen MR) is 98.0 cm³/mol. The lowest BCUT2D eigenvalue weighted by Crippen LogP contribution is -2.19. The Morgan fingerprint density at radius 2 is 1.94 bits per heavy atom. The molecule has 0 saturated carbocycles. The van der Waals surface area contributed by atoms with Gasteiger partial charge >= 0.3 is 23.5 Å². The van der Waals surface area contributed by atoms with Crippen molar-refractivity contribution in [2.75, 3.05) is 12.3 Å². The molecule has 31 heavy (non-hydrogen) atoms. The summed E-state index contributed by atoms with van der Waals surface area (Å²) < 4.78 is 66.3. The summed E-state index contributed by atoms with van der Waals surface area (Å²) in [5.74, 6) is -0.213. The first-order chi connectivity index (χ1) is 14.2. The summed E-state index contributed by atoms with van der Waals surface area (Å²) in [5.41, 5.74) is 4.96. The Morgan fingerprint density at radius 1 is 1.26 bits per heavy atom. The van der Waals surface area contributed by atoms with Crippen LogP contribution in [0.15, 0.2) is 17.1 Å². The van der Waals surface area contributed by atoms with E-state index in [0.717, 1.165) is 0 Å².